The number of aromatic nitrogens is 1. The number of halogens is 6. The number of benzene rings is 1. The van der Waals surface area contributed by atoms with Crippen LogP contribution in [0.15, 0.2) is 35.5 Å². The van der Waals surface area contributed by atoms with Gasteiger partial charge in [0.25, 0.3) is 11.7 Å². The van der Waals surface area contributed by atoms with Gasteiger partial charge < -0.3 is 11.1 Å². The molecule has 0 saturated carbocycles. The third kappa shape index (κ3) is 3.39. The van der Waals surface area contributed by atoms with Gasteiger partial charge in [-0.05, 0) is 18.2 Å². The monoisotopic (exact) mass is 402 g/mol. The Hall–Kier alpha value is -3.11. The second-order valence-electron chi connectivity index (χ2n) is 6.07. The van der Waals surface area contributed by atoms with Gasteiger partial charge in [-0.25, -0.2) is 36.3 Å². The number of nitrogens with one attached hydrogen (secondary N) is 1. The van der Waals surface area contributed by atoms with Crippen LogP contribution in [-0.4, -0.2) is 22.6 Å². The van der Waals surface area contributed by atoms with Crippen LogP contribution in [0.4, 0.5) is 32.0 Å². The summed E-state index contributed by atoms with van der Waals surface area (Å²) >= 11 is 0. The molecule has 1 amide bonds. The predicted molar refractivity (Wildman–Crippen MR) is 87.1 cm³/mol. The number of amidine groups is 1. The van der Waals surface area contributed by atoms with E-state index in [0.29, 0.717) is 12.1 Å². The van der Waals surface area contributed by atoms with Gasteiger partial charge in [0.05, 0.1) is 17.6 Å². The number of nitrogens with zero attached hydrogens (tertiary/aromatic N) is 2. The number of nitrogens with two attached hydrogens (primary N) is 1. The zero-order valence-electron chi connectivity index (χ0n) is 13.9. The summed E-state index contributed by atoms with van der Waals surface area (Å²) in [5, 5.41) is 2.06. The average Bonchev–Trinajstić information content (AvgIpc) is 2.62. The van der Waals surface area contributed by atoms with Gasteiger partial charge in [-0.15, -0.1) is 0 Å². The summed E-state index contributed by atoms with van der Waals surface area (Å²) in [5.74, 6) is -13.9. The zero-order chi connectivity index (χ0) is 20.7. The van der Waals surface area contributed by atoms with Gasteiger partial charge in [0.15, 0.2) is 11.6 Å². The van der Waals surface area contributed by atoms with Crippen molar-refractivity contribution in [3.05, 3.63) is 59.2 Å². The lowest BCUT2D eigenvalue weighted by molar-refractivity contribution is -0.149. The van der Waals surface area contributed by atoms with Crippen molar-refractivity contribution in [3.8, 4) is 0 Å². The zero-order valence-corrected chi connectivity index (χ0v) is 13.9. The Morgan fingerprint density at radius 2 is 1.86 bits per heavy atom. The van der Waals surface area contributed by atoms with Crippen molar-refractivity contribution in [1.29, 1.82) is 0 Å². The van der Waals surface area contributed by atoms with Crippen molar-refractivity contribution in [2.24, 2.45) is 10.7 Å². The molecule has 0 fully saturated rings. The number of carbonyl (C=O) groups excluding carboxylic acids is 1. The summed E-state index contributed by atoms with van der Waals surface area (Å²) in [6.07, 6.45) is -0.742. The largest absolute Gasteiger partial charge is 0.387 e. The molecule has 0 unspecified atom stereocenters. The molecule has 3 N–H and O–H groups in total. The molecule has 0 spiro atoms. The van der Waals surface area contributed by atoms with Gasteiger partial charge >= 0.3 is 5.92 Å². The minimum absolute atomic E-state index is 0.298. The van der Waals surface area contributed by atoms with Gasteiger partial charge in [0.2, 0.25) is 0 Å². The number of alkyl halides is 3. The summed E-state index contributed by atoms with van der Waals surface area (Å²) in [4.78, 5) is 18.6. The summed E-state index contributed by atoms with van der Waals surface area (Å²) in [6.45, 7) is 0. The number of hydrogen-bond acceptors (Lipinski definition) is 4. The molecule has 5 nitrogen and oxygen atoms in total. The Kier molecular flexibility index (Phi) is 4.77. The lowest BCUT2D eigenvalue weighted by Crippen LogP contribution is -2.46. The molecule has 1 aromatic carbocycles. The number of hydrogen-bond donors (Lipinski definition) is 2. The van der Waals surface area contributed by atoms with E-state index >= 15 is 4.39 Å². The number of anilines is 1. The van der Waals surface area contributed by atoms with Crippen molar-refractivity contribution in [1.82, 2.24) is 4.98 Å². The van der Waals surface area contributed by atoms with E-state index in [9.17, 15) is 26.7 Å². The van der Waals surface area contributed by atoms with Crippen LogP contribution in [0.3, 0.4) is 0 Å². The first-order valence-corrected chi connectivity index (χ1v) is 7.87. The maximum atomic E-state index is 15.1. The highest BCUT2D eigenvalue weighted by molar-refractivity contribution is 6.02. The molecule has 1 aromatic heterocycles. The highest BCUT2D eigenvalue weighted by Gasteiger charge is 2.59. The maximum absolute atomic E-state index is 15.1. The first-order chi connectivity index (χ1) is 13.0. The number of aliphatic imine (C=N–C) groups is 1. The van der Waals surface area contributed by atoms with E-state index in [0.717, 1.165) is 18.3 Å². The summed E-state index contributed by atoms with van der Waals surface area (Å²) in [6, 6.07) is 2.89. The number of amides is 1. The fourth-order valence-electron chi connectivity index (χ4n) is 2.65. The smallest absolute Gasteiger partial charge is 0.306 e. The van der Waals surface area contributed by atoms with Gasteiger partial charge in [-0.3, -0.25) is 4.79 Å². The van der Waals surface area contributed by atoms with Crippen molar-refractivity contribution in [2.45, 2.75) is 24.6 Å². The molecule has 1 aliphatic rings. The van der Waals surface area contributed by atoms with E-state index in [1.165, 1.54) is 0 Å². The first-order valence-electron chi connectivity index (χ1n) is 7.87. The van der Waals surface area contributed by atoms with E-state index in [-0.39, 0.29) is 5.69 Å². The number of pyridine rings is 1. The van der Waals surface area contributed by atoms with Crippen LogP contribution in [0.2, 0.25) is 0 Å². The molecule has 2 heterocycles. The number of carbonyl (C=O) groups is 1. The van der Waals surface area contributed by atoms with Crippen LogP contribution in [0.1, 0.15) is 28.9 Å². The third-order valence-corrected chi connectivity index (χ3v) is 4.08. The lowest BCUT2D eigenvalue weighted by Gasteiger charge is -2.34. The van der Waals surface area contributed by atoms with Crippen LogP contribution in [0.25, 0.3) is 0 Å². The molecule has 1 atom stereocenters. The fourth-order valence-corrected chi connectivity index (χ4v) is 2.65. The topological polar surface area (TPSA) is 80.4 Å². The Labute approximate surface area is 154 Å². The molecule has 148 valence electrons. The highest BCUT2D eigenvalue weighted by atomic mass is 19.3. The highest BCUT2D eigenvalue weighted by Crippen LogP contribution is 2.49. The van der Waals surface area contributed by atoms with Crippen molar-refractivity contribution in [3.63, 3.8) is 0 Å². The van der Waals surface area contributed by atoms with Crippen molar-refractivity contribution in [2.75, 3.05) is 5.32 Å². The quantitative estimate of drug-likeness (QED) is 0.608. The van der Waals surface area contributed by atoms with Gasteiger partial charge in [0, 0.05) is 24.6 Å². The first kappa shape index (κ1) is 19.6. The summed E-state index contributed by atoms with van der Waals surface area (Å²) in [7, 11) is 0. The Morgan fingerprint density at radius 3 is 2.50 bits per heavy atom. The Morgan fingerprint density at radius 1 is 1.14 bits per heavy atom. The standard InChI is InChI=1S/C17H12F6N4O/c18-8-1-2-12(25-7-8)15(28)26-9-5-10(14(20)11(19)6-9)17(23)16(21,22)4-3-13(24)27-17/h1-2,5-7H,3-4H2,(H2,24,27)(H,26,28)/t17-/m1/s1. The van der Waals surface area contributed by atoms with Crippen LogP contribution < -0.4 is 11.1 Å². The van der Waals surface area contributed by atoms with Crippen molar-refractivity contribution >= 4 is 17.4 Å². The third-order valence-electron chi connectivity index (χ3n) is 4.08. The van der Waals surface area contributed by atoms with Crippen LogP contribution in [0.5, 0.6) is 0 Å². The van der Waals surface area contributed by atoms with Gasteiger partial charge in [-0.2, -0.15) is 0 Å². The van der Waals surface area contributed by atoms with E-state index in [2.05, 4.69) is 15.3 Å². The van der Waals surface area contributed by atoms with E-state index in [1.54, 1.807) is 0 Å². The molecule has 1 aliphatic heterocycles. The minimum Gasteiger partial charge on any atom is -0.387 e. The number of rotatable bonds is 3. The molecule has 11 heteroatoms. The van der Waals surface area contributed by atoms with Crippen LogP contribution in [0, 0.1) is 17.5 Å². The summed E-state index contributed by atoms with van der Waals surface area (Å²) in [5.41, 5.74) is 3.07. The molecule has 0 saturated heterocycles. The second kappa shape index (κ2) is 6.80. The second-order valence-corrected chi connectivity index (χ2v) is 6.07. The molecular weight excluding hydrogens is 390 g/mol. The Balaban J connectivity index is 2.02. The van der Waals surface area contributed by atoms with E-state index in [4.69, 9.17) is 5.73 Å². The lowest BCUT2D eigenvalue weighted by atomic mass is 9.91. The molecule has 0 bridgehead atoms. The molecule has 0 aliphatic carbocycles. The summed E-state index contributed by atoms with van der Waals surface area (Å²) < 4.78 is 84.3. The molecule has 0 radical (unpaired) electrons. The molecule has 2 aromatic rings. The van der Waals surface area contributed by atoms with Crippen LogP contribution in [-0.2, 0) is 5.79 Å². The van der Waals surface area contributed by atoms with E-state index in [1.807, 2.05) is 0 Å². The molecular formula is C17H12F6N4O. The van der Waals surface area contributed by atoms with E-state index < -0.39 is 65.0 Å². The van der Waals surface area contributed by atoms with Gasteiger partial charge in [-0.1, -0.05) is 0 Å². The minimum atomic E-state index is -4.16. The average molecular weight is 402 g/mol. The SMILES string of the molecule is NC1=N[C@](F)(c2cc(NC(=O)c3ccc(F)cn3)cc(F)c2F)C(F)(F)CC1. The Bertz CT molecular complexity index is 963. The fraction of sp³-hybridized carbons (Fsp3) is 0.235. The molecule has 3 rings (SSSR count). The maximum Gasteiger partial charge on any atom is 0.306 e. The van der Waals surface area contributed by atoms with Crippen molar-refractivity contribution < 1.29 is 31.1 Å². The van der Waals surface area contributed by atoms with Crippen LogP contribution >= 0.6 is 0 Å². The van der Waals surface area contributed by atoms with Gasteiger partial charge in [0.1, 0.15) is 11.5 Å². The predicted octanol–water partition coefficient (Wildman–Crippen LogP) is 3.66. The molecule has 28 heavy (non-hydrogen) atoms. The normalized spacial score (nSPS) is 21.1.